The molecule has 0 amide bonds. The molecule has 0 aliphatic carbocycles. The third-order valence-corrected chi connectivity index (χ3v) is 5.52. The highest BCUT2D eigenvalue weighted by atomic mass is 32.7. The molecule has 1 N–H and O–H groups in total. The average molecular weight is 195 g/mol. The Labute approximate surface area is 71.4 Å². The predicted molar refractivity (Wildman–Crippen MR) is 49.2 cm³/mol. The molecular weight excluding hydrogens is 181 g/mol. The molecule has 0 aromatic heterocycles. The molecule has 0 radical (unpaired) electrons. The molecule has 0 saturated carbocycles. The molecule has 0 spiro atoms. The average Bonchev–Trinajstić information content (AvgIpc) is 2.39. The molecule has 1 rings (SSSR count). The van der Waals surface area contributed by atoms with Crippen LogP contribution in [0.5, 0.6) is 0 Å². The van der Waals surface area contributed by atoms with Crippen LogP contribution in [-0.4, -0.2) is 25.8 Å². The van der Waals surface area contributed by atoms with Gasteiger partial charge in [0, 0.05) is 13.3 Å². The highest BCUT2D eigenvalue weighted by Crippen LogP contribution is 2.50. The monoisotopic (exact) mass is 195 g/mol. The van der Waals surface area contributed by atoms with Crippen molar-refractivity contribution >= 4 is 17.9 Å². The Morgan fingerprint density at radius 2 is 2.45 bits per heavy atom. The van der Waals surface area contributed by atoms with Gasteiger partial charge < -0.3 is 4.74 Å². The molecule has 0 bridgehead atoms. The van der Waals surface area contributed by atoms with E-state index in [9.17, 15) is 4.57 Å². The molecule has 1 aliphatic rings. The normalized spacial score (nSPS) is 30.2. The fraction of sp³-hybridized carbons (Fsp3) is 1.00. The molecule has 0 aromatic carbocycles. The fourth-order valence-electron chi connectivity index (χ4n) is 0.994. The lowest BCUT2D eigenvalue weighted by Gasteiger charge is -2.16. The quantitative estimate of drug-likeness (QED) is 0.698. The molecule has 5 heteroatoms. The van der Waals surface area contributed by atoms with Crippen LogP contribution in [-0.2, 0) is 9.30 Å². The van der Waals surface area contributed by atoms with Gasteiger partial charge in [0.2, 0.25) is 0 Å². The molecule has 1 fully saturated rings. The molecule has 2 unspecified atom stereocenters. The summed E-state index contributed by atoms with van der Waals surface area (Å²) < 4.78 is 16.8. The summed E-state index contributed by atoms with van der Waals surface area (Å²) in [6.07, 6.45) is 3.94. The van der Waals surface area contributed by atoms with Crippen molar-refractivity contribution in [3.05, 3.63) is 0 Å². The zero-order valence-electron chi connectivity index (χ0n) is 6.87. The summed E-state index contributed by atoms with van der Waals surface area (Å²) in [5.74, 6) is 0. The molecule has 1 aliphatic heterocycles. The van der Waals surface area contributed by atoms with Gasteiger partial charge in [-0.25, -0.2) is 5.09 Å². The van der Waals surface area contributed by atoms with E-state index in [4.69, 9.17) is 4.74 Å². The molecule has 2 atom stereocenters. The zero-order valence-corrected chi connectivity index (χ0v) is 8.58. The van der Waals surface area contributed by atoms with Gasteiger partial charge in [-0.2, -0.15) is 0 Å². The first-order valence-electron chi connectivity index (χ1n) is 3.67. The maximum atomic E-state index is 11.5. The van der Waals surface area contributed by atoms with Crippen molar-refractivity contribution in [3.8, 4) is 0 Å². The SMILES string of the molecule is CSP(C)(=O)NC1CCCO1. The lowest BCUT2D eigenvalue weighted by atomic mass is 10.3. The van der Waals surface area contributed by atoms with Gasteiger partial charge in [0.25, 0.3) is 0 Å². The Hall–Kier alpha value is 0.500. The van der Waals surface area contributed by atoms with Crippen molar-refractivity contribution in [1.82, 2.24) is 5.09 Å². The number of hydrogen-bond donors (Lipinski definition) is 1. The third kappa shape index (κ3) is 3.16. The molecule has 66 valence electrons. The van der Waals surface area contributed by atoms with Crippen LogP contribution in [0.25, 0.3) is 0 Å². The Kier molecular flexibility index (Phi) is 3.44. The Morgan fingerprint density at radius 1 is 1.73 bits per heavy atom. The first-order valence-corrected chi connectivity index (χ1v) is 7.65. The highest BCUT2D eigenvalue weighted by molar-refractivity contribution is 8.57. The van der Waals surface area contributed by atoms with E-state index in [1.165, 1.54) is 11.4 Å². The topological polar surface area (TPSA) is 38.3 Å². The highest BCUT2D eigenvalue weighted by Gasteiger charge is 2.22. The van der Waals surface area contributed by atoms with Crippen molar-refractivity contribution in [2.75, 3.05) is 19.5 Å². The summed E-state index contributed by atoms with van der Waals surface area (Å²) in [6, 6.07) is 0. The molecule has 1 saturated heterocycles. The van der Waals surface area contributed by atoms with E-state index >= 15 is 0 Å². The van der Waals surface area contributed by atoms with Crippen LogP contribution in [0.1, 0.15) is 12.8 Å². The number of hydrogen-bond acceptors (Lipinski definition) is 3. The van der Waals surface area contributed by atoms with Gasteiger partial charge in [0.1, 0.15) is 6.23 Å². The first-order chi connectivity index (χ1) is 5.14. The molecule has 0 aromatic rings. The van der Waals surface area contributed by atoms with Gasteiger partial charge >= 0.3 is 0 Å². The summed E-state index contributed by atoms with van der Waals surface area (Å²) in [5, 5.41) is 3.00. The van der Waals surface area contributed by atoms with Crippen LogP contribution >= 0.6 is 17.9 Å². The van der Waals surface area contributed by atoms with Crippen LogP contribution in [0.15, 0.2) is 0 Å². The molecule has 3 nitrogen and oxygen atoms in total. The van der Waals surface area contributed by atoms with Crippen molar-refractivity contribution in [2.24, 2.45) is 0 Å². The Balaban J connectivity index is 2.34. The zero-order chi connectivity index (χ0) is 8.32. The second-order valence-electron chi connectivity index (χ2n) is 2.66. The van der Waals surface area contributed by atoms with Crippen LogP contribution in [0.2, 0.25) is 0 Å². The van der Waals surface area contributed by atoms with Crippen LogP contribution in [0.3, 0.4) is 0 Å². The lowest BCUT2D eigenvalue weighted by Crippen LogP contribution is -2.23. The van der Waals surface area contributed by atoms with Gasteiger partial charge in [-0.1, -0.05) is 11.4 Å². The maximum Gasteiger partial charge on any atom is 0.199 e. The number of nitrogens with one attached hydrogen (secondary N) is 1. The van der Waals surface area contributed by atoms with Gasteiger partial charge in [-0.15, -0.1) is 0 Å². The minimum Gasteiger partial charge on any atom is -0.363 e. The van der Waals surface area contributed by atoms with Gasteiger partial charge in [0.05, 0.1) is 0 Å². The first kappa shape index (κ1) is 9.59. The van der Waals surface area contributed by atoms with E-state index in [1.54, 1.807) is 6.66 Å². The molecule has 11 heavy (non-hydrogen) atoms. The van der Waals surface area contributed by atoms with E-state index in [0.717, 1.165) is 19.4 Å². The summed E-state index contributed by atoms with van der Waals surface area (Å²) in [7, 11) is 0. The summed E-state index contributed by atoms with van der Waals surface area (Å²) in [6.45, 7) is 0.352. The maximum absolute atomic E-state index is 11.5. The Morgan fingerprint density at radius 3 is 2.91 bits per heavy atom. The van der Waals surface area contributed by atoms with Crippen LogP contribution < -0.4 is 5.09 Å². The Bertz CT molecular complexity index is 170. The van der Waals surface area contributed by atoms with E-state index in [-0.39, 0.29) is 6.23 Å². The summed E-state index contributed by atoms with van der Waals surface area (Å²) >= 11 is 1.38. The van der Waals surface area contributed by atoms with Crippen molar-refractivity contribution in [3.63, 3.8) is 0 Å². The number of rotatable bonds is 3. The predicted octanol–water partition coefficient (Wildman–Crippen LogP) is 1.90. The number of ether oxygens (including phenoxy) is 1. The summed E-state index contributed by atoms with van der Waals surface area (Å²) in [5.41, 5.74) is 0. The minimum absolute atomic E-state index is 0.0262. The van der Waals surface area contributed by atoms with Crippen molar-refractivity contribution in [2.45, 2.75) is 19.1 Å². The standard InChI is InChI=1S/C6H14NO2PS/c1-10(8,11-2)7-6-4-3-5-9-6/h6H,3-5H2,1-2H3,(H,7,8). The van der Waals surface area contributed by atoms with E-state index in [1.807, 2.05) is 6.26 Å². The smallest absolute Gasteiger partial charge is 0.199 e. The van der Waals surface area contributed by atoms with Crippen molar-refractivity contribution in [1.29, 1.82) is 0 Å². The summed E-state index contributed by atoms with van der Waals surface area (Å²) in [4.78, 5) is 0. The second-order valence-corrected chi connectivity index (χ2v) is 8.16. The second kappa shape index (κ2) is 3.94. The van der Waals surface area contributed by atoms with Crippen LogP contribution in [0.4, 0.5) is 0 Å². The largest absolute Gasteiger partial charge is 0.363 e. The van der Waals surface area contributed by atoms with Crippen LogP contribution in [0, 0.1) is 0 Å². The van der Waals surface area contributed by atoms with Gasteiger partial charge in [-0.3, -0.25) is 4.57 Å². The molecular formula is C6H14NO2PS. The van der Waals surface area contributed by atoms with Gasteiger partial charge in [-0.05, 0) is 19.1 Å². The van der Waals surface area contributed by atoms with E-state index < -0.39 is 6.49 Å². The van der Waals surface area contributed by atoms with E-state index in [2.05, 4.69) is 5.09 Å². The minimum atomic E-state index is -2.18. The van der Waals surface area contributed by atoms with Crippen molar-refractivity contribution < 1.29 is 9.30 Å². The molecule has 1 heterocycles. The van der Waals surface area contributed by atoms with Gasteiger partial charge in [0.15, 0.2) is 6.49 Å². The fourth-order valence-corrected chi connectivity index (χ4v) is 2.49. The van der Waals surface area contributed by atoms with E-state index in [0.29, 0.717) is 0 Å². The lowest BCUT2D eigenvalue weighted by molar-refractivity contribution is 0.103. The third-order valence-electron chi connectivity index (χ3n) is 1.66.